The number of aromatic nitrogens is 1. The van der Waals surface area contributed by atoms with Crippen molar-refractivity contribution in [1.29, 1.82) is 0 Å². The summed E-state index contributed by atoms with van der Waals surface area (Å²) in [5.41, 5.74) is -0.0394. The van der Waals surface area contributed by atoms with Gasteiger partial charge in [-0.25, -0.2) is 0 Å². The van der Waals surface area contributed by atoms with Crippen molar-refractivity contribution >= 4 is 0 Å². The second-order valence-electron chi connectivity index (χ2n) is 1.83. The molecule has 2 heteroatoms. The van der Waals surface area contributed by atoms with Gasteiger partial charge >= 0.3 is 0 Å². The van der Waals surface area contributed by atoms with E-state index in [-0.39, 0.29) is 5.56 Å². The Labute approximate surface area is 59.4 Å². The third kappa shape index (κ3) is 1.35. The molecule has 1 aromatic heterocycles. The van der Waals surface area contributed by atoms with Crippen molar-refractivity contribution in [2.75, 3.05) is 0 Å². The van der Waals surface area contributed by atoms with Crippen molar-refractivity contribution in [3.05, 3.63) is 53.9 Å². The van der Waals surface area contributed by atoms with Gasteiger partial charge in [-0.05, 0) is 6.07 Å². The summed E-state index contributed by atoms with van der Waals surface area (Å²) in [4.78, 5) is 10.9. The molecule has 1 radical (unpaired) electrons. The maximum Gasteiger partial charge on any atom is 0.251 e. The van der Waals surface area contributed by atoms with Crippen LogP contribution in [0.3, 0.4) is 0 Å². The van der Waals surface area contributed by atoms with E-state index in [9.17, 15) is 4.79 Å². The van der Waals surface area contributed by atoms with Crippen molar-refractivity contribution in [2.45, 2.75) is 0 Å². The Morgan fingerprint density at radius 2 is 2.30 bits per heavy atom. The van der Waals surface area contributed by atoms with E-state index in [1.165, 1.54) is 10.6 Å². The summed E-state index contributed by atoms with van der Waals surface area (Å²) in [6.45, 7) is 5.10. The van der Waals surface area contributed by atoms with Crippen LogP contribution >= 0.6 is 0 Å². The van der Waals surface area contributed by atoms with E-state index in [0.717, 1.165) is 0 Å². The first-order chi connectivity index (χ1) is 4.84. The van der Waals surface area contributed by atoms with E-state index in [2.05, 4.69) is 6.58 Å². The summed E-state index contributed by atoms with van der Waals surface area (Å²) in [6.07, 6.45) is 3.26. The second-order valence-corrected chi connectivity index (χ2v) is 1.83. The minimum Gasteiger partial charge on any atom is -0.306 e. The fourth-order valence-corrected chi connectivity index (χ4v) is 0.677. The molecule has 10 heavy (non-hydrogen) atoms. The van der Waals surface area contributed by atoms with Crippen LogP contribution in [-0.2, 0) is 0 Å². The average Bonchev–Trinajstić information content (AvgIpc) is 1.94. The first-order valence-corrected chi connectivity index (χ1v) is 2.97. The number of rotatable bonds is 2. The molecule has 2 nitrogen and oxygen atoms in total. The molecule has 0 aliphatic heterocycles. The van der Waals surface area contributed by atoms with Gasteiger partial charge in [0.15, 0.2) is 0 Å². The predicted octanol–water partition coefficient (Wildman–Crippen LogP) is 1.04. The van der Waals surface area contributed by atoms with E-state index < -0.39 is 0 Å². The molecule has 0 aromatic carbocycles. The van der Waals surface area contributed by atoms with E-state index in [0.29, 0.717) is 0 Å². The number of hydrogen-bond donors (Lipinski definition) is 0. The van der Waals surface area contributed by atoms with Gasteiger partial charge in [0.05, 0.1) is 6.54 Å². The van der Waals surface area contributed by atoms with E-state index in [1.807, 2.05) is 0 Å². The highest BCUT2D eigenvalue weighted by molar-refractivity contribution is 5.00. The van der Waals surface area contributed by atoms with Crippen molar-refractivity contribution in [3.8, 4) is 0 Å². The number of allylic oxidation sites excluding steroid dienone is 1. The Kier molecular flexibility index (Phi) is 2.05. The first kappa shape index (κ1) is 6.81. The zero-order valence-electron chi connectivity index (χ0n) is 5.53. The van der Waals surface area contributed by atoms with E-state index in [1.54, 1.807) is 31.0 Å². The van der Waals surface area contributed by atoms with Gasteiger partial charge in [0.25, 0.3) is 5.56 Å². The molecule has 0 aliphatic rings. The molecule has 51 valence electrons. The lowest BCUT2D eigenvalue weighted by molar-refractivity contribution is 0.937. The first-order valence-electron chi connectivity index (χ1n) is 2.97. The monoisotopic (exact) mass is 135 g/mol. The van der Waals surface area contributed by atoms with Crippen LogP contribution in [-0.4, -0.2) is 4.57 Å². The normalized spacial score (nSPS) is 9.20. The van der Waals surface area contributed by atoms with Crippen LogP contribution in [0.5, 0.6) is 0 Å². The minimum absolute atomic E-state index is 0.0394. The minimum atomic E-state index is -0.0394. The largest absolute Gasteiger partial charge is 0.306 e. The maximum atomic E-state index is 10.9. The summed E-state index contributed by atoms with van der Waals surface area (Å²) in [5.74, 6) is 0. The molecule has 0 spiro atoms. The highest BCUT2D eigenvalue weighted by Crippen LogP contribution is 1.83. The Morgan fingerprint density at radius 1 is 1.50 bits per heavy atom. The molecule has 0 unspecified atom stereocenters. The van der Waals surface area contributed by atoms with Crippen LogP contribution in [0.2, 0.25) is 0 Å². The average molecular weight is 135 g/mol. The molecule has 0 bridgehead atoms. The standard InChI is InChI=1S/C8H8NO/c1-2-6-9-7-4-3-5-8(9)10/h2-7H,1H2/i8+1. The molecule has 0 amide bonds. The van der Waals surface area contributed by atoms with Gasteiger partial charge in [0, 0.05) is 12.3 Å². The molecule has 1 heterocycles. The fourth-order valence-electron chi connectivity index (χ4n) is 0.677. The molecular formula is C8H8NO. The Morgan fingerprint density at radius 3 is 2.90 bits per heavy atom. The van der Waals surface area contributed by atoms with Crippen LogP contribution in [0.1, 0.15) is 0 Å². The smallest absolute Gasteiger partial charge is 0.251 e. The number of nitrogens with zero attached hydrogens (tertiary/aromatic N) is 1. The fraction of sp³-hybridized carbons (Fsp3) is 0. The Bertz CT molecular complexity index is 275. The van der Waals surface area contributed by atoms with Crippen molar-refractivity contribution in [3.63, 3.8) is 0 Å². The molecule has 0 aliphatic carbocycles. The highest BCUT2D eigenvalue weighted by atomic mass is 16.2. The summed E-state index contributed by atoms with van der Waals surface area (Å²) < 4.78 is 1.47. The molecule has 1 aromatic rings. The summed E-state index contributed by atoms with van der Waals surface area (Å²) in [5, 5.41) is 0. The van der Waals surface area contributed by atoms with Crippen LogP contribution in [0.4, 0.5) is 0 Å². The molecule has 0 atom stereocenters. The van der Waals surface area contributed by atoms with Gasteiger partial charge < -0.3 is 4.57 Å². The quantitative estimate of drug-likeness (QED) is 0.594. The molecule has 1 rings (SSSR count). The van der Waals surface area contributed by atoms with Gasteiger partial charge in [-0.2, -0.15) is 0 Å². The zero-order chi connectivity index (χ0) is 7.40. The van der Waals surface area contributed by atoms with Crippen LogP contribution in [0.25, 0.3) is 0 Å². The molecule has 0 N–H and O–H groups in total. The van der Waals surface area contributed by atoms with Crippen molar-refractivity contribution < 1.29 is 0 Å². The Hall–Kier alpha value is -1.31. The highest BCUT2D eigenvalue weighted by Gasteiger charge is 1.87. The lowest BCUT2D eigenvalue weighted by Crippen LogP contribution is -2.14. The second kappa shape index (κ2) is 3.01. The zero-order valence-corrected chi connectivity index (χ0v) is 5.53. The molecular weight excluding hydrogens is 127 g/mol. The summed E-state index contributed by atoms with van der Waals surface area (Å²) in [7, 11) is 0. The summed E-state index contributed by atoms with van der Waals surface area (Å²) >= 11 is 0. The van der Waals surface area contributed by atoms with Crippen LogP contribution in [0, 0.1) is 6.54 Å². The lowest BCUT2D eigenvalue weighted by atomic mass is 10.5. The SMILES string of the molecule is C=C[CH]n1cccc[13c]1=O. The lowest BCUT2D eigenvalue weighted by Gasteiger charge is -1.96. The van der Waals surface area contributed by atoms with Crippen LogP contribution < -0.4 is 5.56 Å². The van der Waals surface area contributed by atoms with Gasteiger partial charge in [0.1, 0.15) is 0 Å². The van der Waals surface area contributed by atoms with Gasteiger partial charge in [-0.1, -0.05) is 12.1 Å². The number of pyridine rings is 1. The van der Waals surface area contributed by atoms with Gasteiger partial charge in [-0.15, -0.1) is 6.58 Å². The number of hydrogen-bond acceptors (Lipinski definition) is 1. The van der Waals surface area contributed by atoms with E-state index >= 15 is 0 Å². The third-order valence-corrected chi connectivity index (χ3v) is 1.12. The predicted molar refractivity (Wildman–Crippen MR) is 40.6 cm³/mol. The third-order valence-electron chi connectivity index (χ3n) is 1.12. The van der Waals surface area contributed by atoms with Gasteiger partial charge in [-0.3, -0.25) is 4.79 Å². The van der Waals surface area contributed by atoms with E-state index in [4.69, 9.17) is 0 Å². The van der Waals surface area contributed by atoms with Crippen LogP contribution in [0.15, 0.2) is 41.8 Å². The molecule has 0 saturated carbocycles. The summed E-state index contributed by atoms with van der Waals surface area (Å²) in [6, 6.07) is 5.00. The Balaban J connectivity index is 3.03. The van der Waals surface area contributed by atoms with Crippen molar-refractivity contribution in [1.82, 2.24) is 4.57 Å². The molecule has 0 saturated heterocycles. The molecule has 0 fully saturated rings. The maximum absolute atomic E-state index is 10.9. The van der Waals surface area contributed by atoms with Crippen molar-refractivity contribution in [2.24, 2.45) is 0 Å². The topological polar surface area (TPSA) is 22.0 Å². The van der Waals surface area contributed by atoms with Gasteiger partial charge in [0.2, 0.25) is 0 Å².